The molecule has 2 saturated heterocycles. The SMILES string of the molecule is C[C@H]1CNCCN1C(=O)c1cccc(OC[C@@H]2CCCO2)c1. The molecule has 1 aromatic carbocycles. The van der Waals surface area contributed by atoms with E-state index < -0.39 is 0 Å². The maximum absolute atomic E-state index is 12.6. The molecule has 120 valence electrons. The normalized spacial score (nSPS) is 25.2. The second-order valence-corrected chi connectivity index (χ2v) is 6.03. The zero-order valence-corrected chi connectivity index (χ0v) is 13.1. The van der Waals surface area contributed by atoms with Crippen molar-refractivity contribution in [2.75, 3.05) is 32.8 Å². The monoisotopic (exact) mass is 304 g/mol. The first kappa shape index (κ1) is 15.3. The van der Waals surface area contributed by atoms with Crippen LogP contribution in [-0.4, -0.2) is 55.8 Å². The van der Waals surface area contributed by atoms with Crippen LogP contribution in [0.1, 0.15) is 30.1 Å². The molecule has 0 spiro atoms. The van der Waals surface area contributed by atoms with Crippen LogP contribution in [-0.2, 0) is 4.74 Å². The Labute approximate surface area is 131 Å². The molecule has 0 saturated carbocycles. The summed E-state index contributed by atoms with van der Waals surface area (Å²) >= 11 is 0. The Kier molecular flexibility index (Phi) is 4.95. The smallest absolute Gasteiger partial charge is 0.254 e. The van der Waals surface area contributed by atoms with Crippen molar-refractivity contribution >= 4 is 5.91 Å². The van der Waals surface area contributed by atoms with Crippen molar-refractivity contribution in [3.05, 3.63) is 29.8 Å². The van der Waals surface area contributed by atoms with Gasteiger partial charge in [0.15, 0.2) is 0 Å². The molecule has 0 aromatic heterocycles. The van der Waals surface area contributed by atoms with Gasteiger partial charge < -0.3 is 19.7 Å². The molecule has 1 N–H and O–H groups in total. The first-order valence-corrected chi connectivity index (χ1v) is 8.10. The van der Waals surface area contributed by atoms with Gasteiger partial charge in [-0.05, 0) is 38.0 Å². The molecule has 5 nitrogen and oxygen atoms in total. The van der Waals surface area contributed by atoms with E-state index in [1.54, 1.807) is 0 Å². The highest BCUT2D eigenvalue weighted by Gasteiger charge is 2.24. The number of ether oxygens (including phenoxy) is 2. The summed E-state index contributed by atoms with van der Waals surface area (Å²) in [6, 6.07) is 7.69. The van der Waals surface area contributed by atoms with Crippen LogP contribution in [0.25, 0.3) is 0 Å². The van der Waals surface area contributed by atoms with Gasteiger partial charge in [0, 0.05) is 37.8 Å². The molecule has 22 heavy (non-hydrogen) atoms. The van der Waals surface area contributed by atoms with Gasteiger partial charge in [-0.1, -0.05) is 6.07 Å². The zero-order chi connectivity index (χ0) is 15.4. The average Bonchev–Trinajstić information content (AvgIpc) is 3.06. The van der Waals surface area contributed by atoms with Crippen molar-refractivity contribution in [1.82, 2.24) is 10.2 Å². The highest BCUT2D eigenvalue weighted by atomic mass is 16.5. The maximum Gasteiger partial charge on any atom is 0.254 e. The number of hydrogen-bond donors (Lipinski definition) is 1. The minimum atomic E-state index is 0.0802. The number of amides is 1. The molecule has 2 fully saturated rings. The van der Waals surface area contributed by atoms with Crippen LogP contribution in [0.15, 0.2) is 24.3 Å². The molecule has 0 aliphatic carbocycles. The summed E-state index contributed by atoms with van der Waals surface area (Å²) < 4.78 is 11.3. The molecule has 1 amide bonds. The third-order valence-electron chi connectivity index (χ3n) is 4.30. The summed E-state index contributed by atoms with van der Waals surface area (Å²) in [6.07, 6.45) is 2.34. The lowest BCUT2D eigenvalue weighted by Gasteiger charge is -2.34. The number of benzene rings is 1. The van der Waals surface area contributed by atoms with E-state index in [-0.39, 0.29) is 18.1 Å². The summed E-state index contributed by atoms with van der Waals surface area (Å²) in [5.41, 5.74) is 0.693. The van der Waals surface area contributed by atoms with Gasteiger partial charge in [-0.3, -0.25) is 4.79 Å². The lowest BCUT2D eigenvalue weighted by molar-refractivity contribution is 0.0649. The van der Waals surface area contributed by atoms with Crippen LogP contribution in [0.2, 0.25) is 0 Å². The quantitative estimate of drug-likeness (QED) is 0.919. The number of rotatable bonds is 4. The molecular weight excluding hydrogens is 280 g/mol. The summed E-state index contributed by atoms with van der Waals surface area (Å²) in [4.78, 5) is 14.6. The number of piperazine rings is 1. The van der Waals surface area contributed by atoms with E-state index in [4.69, 9.17) is 9.47 Å². The van der Waals surface area contributed by atoms with Crippen molar-refractivity contribution in [3.8, 4) is 5.75 Å². The Morgan fingerprint density at radius 1 is 1.50 bits per heavy atom. The summed E-state index contributed by atoms with van der Waals surface area (Å²) in [6.45, 7) is 5.91. The fourth-order valence-electron chi connectivity index (χ4n) is 2.99. The number of nitrogens with one attached hydrogen (secondary N) is 1. The lowest BCUT2D eigenvalue weighted by Crippen LogP contribution is -2.52. The first-order chi connectivity index (χ1) is 10.7. The predicted octanol–water partition coefficient (Wildman–Crippen LogP) is 1.68. The number of hydrogen-bond acceptors (Lipinski definition) is 4. The van der Waals surface area contributed by atoms with Crippen molar-refractivity contribution in [1.29, 1.82) is 0 Å². The first-order valence-electron chi connectivity index (χ1n) is 8.10. The van der Waals surface area contributed by atoms with Crippen LogP contribution in [0.4, 0.5) is 0 Å². The van der Waals surface area contributed by atoms with E-state index >= 15 is 0 Å². The van der Waals surface area contributed by atoms with Gasteiger partial charge in [0.25, 0.3) is 5.91 Å². The van der Waals surface area contributed by atoms with Gasteiger partial charge >= 0.3 is 0 Å². The van der Waals surface area contributed by atoms with E-state index in [0.717, 1.165) is 44.8 Å². The van der Waals surface area contributed by atoms with Crippen molar-refractivity contribution in [2.45, 2.75) is 31.9 Å². The standard InChI is InChI=1S/C17H24N2O3/c1-13-11-18-7-8-19(13)17(20)14-4-2-5-15(10-14)22-12-16-6-3-9-21-16/h2,4-5,10,13,16,18H,3,6-9,11-12H2,1H3/t13-,16-/m0/s1. The van der Waals surface area contributed by atoms with Crippen LogP contribution in [0.3, 0.4) is 0 Å². The fourth-order valence-corrected chi connectivity index (χ4v) is 2.99. The highest BCUT2D eigenvalue weighted by molar-refractivity contribution is 5.94. The Bertz CT molecular complexity index is 514. The predicted molar refractivity (Wildman–Crippen MR) is 84.3 cm³/mol. The summed E-state index contributed by atoms with van der Waals surface area (Å²) in [5, 5.41) is 3.30. The number of carbonyl (C=O) groups is 1. The molecule has 0 bridgehead atoms. The highest BCUT2D eigenvalue weighted by Crippen LogP contribution is 2.19. The average molecular weight is 304 g/mol. The molecule has 2 heterocycles. The van der Waals surface area contributed by atoms with Gasteiger partial charge in [0.1, 0.15) is 12.4 Å². The van der Waals surface area contributed by atoms with E-state index in [0.29, 0.717) is 12.2 Å². The Balaban J connectivity index is 1.63. The van der Waals surface area contributed by atoms with Crippen molar-refractivity contribution in [3.63, 3.8) is 0 Å². The number of carbonyl (C=O) groups excluding carboxylic acids is 1. The van der Waals surface area contributed by atoms with Gasteiger partial charge in [-0.2, -0.15) is 0 Å². The molecular formula is C17H24N2O3. The Morgan fingerprint density at radius 3 is 3.18 bits per heavy atom. The third-order valence-corrected chi connectivity index (χ3v) is 4.30. The molecule has 1 aromatic rings. The van der Waals surface area contributed by atoms with Crippen LogP contribution >= 0.6 is 0 Å². The van der Waals surface area contributed by atoms with Gasteiger partial charge in [0.05, 0.1) is 6.10 Å². The second-order valence-electron chi connectivity index (χ2n) is 6.03. The topological polar surface area (TPSA) is 50.8 Å². The number of nitrogens with zero attached hydrogens (tertiary/aromatic N) is 1. The van der Waals surface area contributed by atoms with E-state index in [9.17, 15) is 4.79 Å². The molecule has 5 heteroatoms. The fraction of sp³-hybridized carbons (Fsp3) is 0.588. The molecule has 2 aliphatic rings. The Hall–Kier alpha value is -1.59. The van der Waals surface area contributed by atoms with Crippen molar-refractivity contribution < 1.29 is 14.3 Å². The van der Waals surface area contributed by atoms with Crippen LogP contribution < -0.4 is 10.1 Å². The molecule has 0 unspecified atom stereocenters. The minimum Gasteiger partial charge on any atom is -0.491 e. The Morgan fingerprint density at radius 2 is 2.41 bits per heavy atom. The van der Waals surface area contributed by atoms with Crippen LogP contribution in [0.5, 0.6) is 5.75 Å². The third kappa shape index (κ3) is 3.59. The van der Waals surface area contributed by atoms with E-state index in [2.05, 4.69) is 12.2 Å². The van der Waals surface area contributed by atoms with Gasteiger partial charge in [-0.15, -0.1) is 0 Å². The second kappa shape index (κ2) is 7.11. The molecule has 0 radical (unpaired) electrons. The largest absolute Gasteiger partial charge is 0.491 e. The summed E-state index contributed by atoms with van der Waals surface area (Å²) in [7, 11) is 0. The van der Waals surface area contributed by atoms with Gasteiger partial charge in [0.2, 0.25) is 0 Å². The molecule has 2 atom stereocenters. The molecule has 2 aliphatic heterocycles. The van der Waals surface area contributed by atoms with E-state index in [1.165, 1.54) is 0 Å². The molecule has 3 rings (SSSR count). The maximum atomic E-state index is 12.6. The van der Waals surface area contributed by atoms with Crippen LogP contribution in [0, 0.1) is 0 Å². The minimum absolute atomic E-state index is 0.0802. The zero-order valence-electron chi connectivity index (χ0n) is 13.1. The lowest BCUT2D eigenvalue weighted by atomic mass is 10.1. The van der Waals surface area contributed by atoms with E-state index in [1.807, 2.05) is 29.2 Å². The van der Waals surface area contributed by atoms with Crippen molar-refractivity contribution in [2.24, 2.45) is 0 Å². The summed E-state index contributed by atoms with van der Waals surface area (Å²) in [5.74, 6) is 0.820. The van der Waals surface area contributed by atoms with Gasteiger partial charge in [-0.25, -0.2) is 0 Å².